The Morgan fingerprint density at radius 2 is 1.59 bits per heavy atom. The molecule has 2 aromatic heterocycles. The van der Waals surface area contributed by atoms with Crippen molar-refractivity contribution < 1.29 is 4.74 Å². The molecular weight excluding hydrogens is 476 g/mol. The van der Waals surface area contributed by atoms with Crippen LogP contribution in [0, 0.1) is 27.7 Å². The van der Waals surface area contributed by atoms with E-state index in [2.05, 4.69) is 84.9 Å². The van der Waals surface area contributed by atoms with Crippen molar-refractivity contribution in [1.29, 1.82) is 0 Å². The van der Waals surface area contributed by atoms with Crippen molar-refractivity contribution in [3.05, 3.63) is 107 Å². The van der Waals surface area contributed by atoms with Crippen molar-refractivity contribution >= 4 is 23.0 Å². The molecule has 1 fully saturated rings. The number of anilines is 1. The van der Waals surface area contributed by atoms with Gasteiger partial charge in [0.25, 0.3) is 0 Å². The minimum atomic E-state index is -0.0894. The molecule has 3 heterocycles. The van der Waals surface area contributed by atoms with Gasteiger partial charge in [-0.15, -0.1) is 0 Å². The molecule has 5 rings (SSSR count). The molecule has 5 nitrogen and oxygen atoms in total. The number of hydrogen-bond donors (Lipinski definition) is 1. The van der Waals surface area contributed by atoms with E-state index in [-0.39, 0.29) is 18.2 Å². The van der Waals surface area contributed by atoms with E-state index in [4.69, 9.17) is 21.9 Å². The summed E-state index contributed by atoms with van der Waals surface area (Å²) in [4.78, 5) is 6.93. The molecule has 4 aromatic rings. The van der Waals surface area contributed by atoms with Crippen LogP contribution in [0.4, 0.5) is 5.69 Å². The van der Waals surface area contributed by atoms with Gasteiger partial charge in [0.05, 0.1) is 23.9 Å². The second-order valence-corrected chi connectivity index (χ2v) is 10.6. The lowest BCUT2D eigenvalue weighted by molar-refractivity contribution is 0.242. The summed E-state index contributed by atoms with van der Waals surface area (Å²) in [6.45, 7) is 12.7. The predicted molar refractivity (Wildman–Crippen MR) is 155 cm³/mol. The summed E-state index contributed by atoms with van der Waals surface area (Å²) in [5.41, 5.74) is 9.29. The first-order valence-electron chi connectivity index (χ1n) is 12.8. The lowest BCUT2D eigenvalue weighted by Gasteiger charge is -2.28. The highest BCUT2D eigenvalue weighted by Gasteiger charge is 2.42. The Morgan fingerprint density at radius 3 is 2.22 bits per heavy atom. The lowest BCUT2D eigenvalue weighted by Crippen LogP contribution is -2.29. The summed E-state index contributed by atoms with van der Waals surface area (Å²) in [6, 6.07) is 23.1. The van der Waals surface area contributed by atoms with E-state index in [9.17, 15) is 0 Å². The van der Waals surface area contributed by atoms with Crippen LogP contribution < -0.4 is 15.0 Å². The van der Waals surface area contributed by atoms with E-state index >= 15 is 0 Å². The van der Waals surface area contributed by atoms with E-state index in [0.29, 0.717) is 5.11 Å². The van der Waals surface area contributed by atoms with Crippen LogP contribution in [-0.2, 0) is 0 Å². The van der Waals surface area contributed by atoms with Gasteiger partial charge in [-0.3, -0.25) is 4.98 Å². The largest absolute Gasteiger partial charge is 0.491 e. The third-order valence-electron chi connectivity index (χ3n) is 6.84. The molecule has 0 unspecified atom stereocenters. The molecule has 0 bridgehead atoms. The molecule has 0 radical (unpaired) electrons. The fourth-order valence-corrected chi connectivity index (χ4v) is 5.82. The van der Waals surface area contributed by atoms with Gasteiger partial charge in [-0.1, -0.05) is 12.1 Å². The van der Waals surface area contributed by atoms with Crippen LogP contribution in [0.1, 0.15) is 59.7 Å². The number of thiocarbonyl (C=S) groups is 1. The van der Waals surface area contributed by atoms with Crippen LogP contribution in [0.15, 0.2) is 72.9 Å². The quantitative estimate of drug-likeness (QED) is 0.281. The van der Waals surface area contributed by atoms with E-state index in [1.165, 1.54) is 33.8 Å². The summed E-state index contributed by atoms with van der Waals surface area (Å²) in [5, 5.41) is 4.27. The SMILES string of the molecule is Cc1cc(C)cc(-n2c(C)cc([C@H]3[C@@H](c4ccccn4)NC(=S)N3c3ccc(OC(C)C)cc3)c2C)c1. The fraction of sp³-hybridized carbons (Fsp3) is 0.290. The van der Waals surface area contributed by atoms with Crippen molar-refractivity contribution in [3.8, 4) is 11.4 Å². The number of benzene rings is 2. The molecule has 6 heteroatoms. The molecule has 190 valence electrons. The van der Waals surface area contributed by atoms with Crippen molar-refractivity contribution in [2.75, 3.05) is 4.90 Å². The number of pyridine rings is 1. The average Bonchev–Trinajstić information content (AvgIpc) is 3.34. The highest BCUT2D eigenvalue weighted by Crippen LogP contribution is 2.44. The number of hydrogen-bond acceptors (Lipinski definition) is 3. The molecule has 0 saturated carbocycles. The fourth-order valence-electron chi connectivity index (χ4n) is 5.47. The van der Waals surface area contributed by atoms with Crippen LogP contribution in [-0.4, -0.2) is 20.8 Å². The number of ether oxygens (including phenoxy) is 1. The summed E-state index contributed by atoms with van der Waals surface area (Å²) < 4.78 is 8.24. The molecule has 2 atom stereocenters. The van der Waals surface area contributed by atoms with Crippen molar-refractivity contribution in [2.24, 2.45) is 0 Å². The Balaban J connectivity index is 1.64. The number of nitrogens with zero attached hydrogens (tertiary/aromatic N) is 3. The molecule has 1 aliphatic rings. The first-order valence-corrected chi connectivity index (χ1v) is 13.2. The zero-order valence-electron chi connectivity index (χ0n) is 22.3. The molecule has 0 spiro atoms. The maximum atomic E-state index is 5.94. The molecule has 1 aliphatic heterocycles. The van der Waals surface area contributed by atoms with Gasteiger partial charge in [-0.2, -0.15) is 0 Å². The molecule has 37 heavy (non-hydrogen) atoms. The topological polar surface area (TPSA) is 42.3 Å². The molecule has 1 N–H and O–H groups in total. The van der Waals surface area contributed by atoms with Crippen LogP contribution in [0.25, 0.3) is 5.69 Å². The summed E-state index contributed by atoms with van der Waals surface area (Å²) >= 11 is 5.94. The molecule has 0 aliphatic carbocycles. The normalized spacial score (nSPS) is 17.4. The summed E-state index contributed by atoms with van der Waals surface area (Å²) in [7, 11) is 0. The van der Waals surface area contributed by atoms with Crippen LogP contribution in [0.3, 0.4) is 0 Å². The minimum Gasteiger partial charge on any atom is -0.491 e. The second kappa shape index (κ2) is 10.0. The smallest absolute Gasteiger partial charge is 0.174 e. The standard InChI is InChI=1S/C31H34N4OS/c1-19(2)36-26-12-10-24(11-13-26)35-30(29(33-31(35)37)28-9-7-8-14-32-28)27-18-22(5)34(23(27)6)25-16-20(3)15-21(4)17-25/h7-19,29-30H,1-6H3,(H,33,37)/t29-,30+/m1/s1. The summed E-state index contributed by atoms with van der Waals surface area (Å²) in [5.74, 6) is 0.850. The summed E-state index contributed by atoms with van der Waals surface area (Å²) in [6.07, 6.45) is 1.97. The van der Waals surface area contributed by atoms with Crippen LogP contribution in [0.2, 0.25) is 0 Å². The first kappa shape index (κ1) is 25.0. The predicted octanol–water partition coefficient (Wildman–Crippen LogP) is 7.07. The maximum Gasteiger partial charge on any atom is 0.174 e. The molecule has 1 saturated heterocycles. The molecule has 2 aromatic carbocycles. The van der Waals surface area contributed by atoms with Gasteiger partial charge in [-0.25, -0.2) is 0 Å². The van der Waals surface area contributed by atoms with Gasteiger partial charge < -0.3 is 19.5 Å². The van der Waals surface area contributed by atoms with Gasteiger partial charge in [0.15, 0.2) is 5.11 Å². The first-order chi connectivity index (χ1) is 17.7. The number of aryl methyl sites for hydroxylation is 3. The van der Waals surface area contributed by atoms with Crippen molar-refractivity contribution in [2.45, 2.75) is 59.7 Å². The minimum absolute atomic E-state index is 0.0647. The average molecular weight is 511 g/mol. The Bertz CT molecular complexity index is 1410. The Morgan fingerprint density at radius 1 is 0.892 bits per heavy atom. The van der Waals surface area contributed by atoms with E-state index in [0.717, 1.165) is 17.1 Å². The van der Waals surface area contributed by atoms with Gasteiger partial charge in [-0.05, 0) is 125 Å². The number of rotatable bonds is 6. The van der Waals surface area contributed by atoms with Gasteiger partial charge >= 0.3 is 0 Å². The van der Waals surface area contributed by atoms with E-state index in [1.807, 2.05) is 44.3 Å². The third kappa shape index (κ3) is 4.86. The zero-order chi connectivity index (χ0) is 26.3. The lowest BCUT2D eigenvalue weighted by atomic mass is 9.96. The highest BCUT2D eigenvalue weighted by atomic mass is 32.1. The highest BCUT2D eigenvalue weighted by molar-refractivity contribution is 7.80. The Kier molecular flexibility index (Phi) is 6.78. The van der Waals surface area contributed by atoms with Crippen LogP contribution >= 0.6 is 12.2 Å². The number of nitrogens with one attached hydrogen (secondary N) is 1. The Hall–Kier alpha value is -3.64. The zero-order valence-corrected chi connectivity index (χ0v) is 23.1. The van der Waals surface area contributed by atoms with Crippen molar-refractivity contribution in [3.63, 3.8) is 0 Å². The van der Waals surface area contributed by atoms with Gasteiger partial charge in [0, 0.05) is 29.0 Å². The monoisotopic (exact) mass is 510 g/mol. The van der Waals surface area contributed by atoms with E-state index in [1.54, 1.807) is 0 Å². The van der Waals surface area contributed by atoms with Gasteiger partial charge in [0.2, 0.25) is 0 Å². The Labute approximate surface area is 225 Å². The molecular formula is C31H34N4OS. The maximum absolute atomic E-state index is 5.94. The van der Waals surface area contributed by atoms with Gasteiger partial charge in [0.1, 0.15) is 5.75 Å². The number of aromatic nitrogens is 2. The molecule has 0 amide bonds. The second-order valence-electron chi connectivity index (χ2n) is 10.2. The third-order valence-corrected chi connectivity index (χ3v) is 7.15. The van der Waals surface area contributed by atoms with E-state index < -0.39 is 0 Å². The van der Waals surface area contributed by atoms with Crippen molar-refractivity contribution in [1.82, 2.24) is 14.9 Å². The van der Waals surface area contributed by atoms with Crippen LogP contribution in [0.5, 0.6) is 5.75 Å².